The van der Waals surface area contributed by atoms with Crippen molar-refractivity contribution in [2.45, 2.75) is 32.2 Å². The Kier molecular flexibility index (Phi) is 3.33. The minimum Gasteiger partial charge on any atom is -0.373 e. The minimum absolute atomic E-state index is 0.0893. The SMILES string of the molecule is Cc1nc2cc(NC(C)(CN)C3CC3)c([N+](=O)[O-])cc2s1. The van der Waals surface area contributed by atoms with Gasteiger partial charge in [0.2, 0.25) is 0 Å². The predicted octanol–water partition coefficient (Wildman–Crippen LogP) is 3.05. The van der Waals surface area contributed by atoms with Gasteiger partial charge in [0.15, 0.2) is 0 Å². The predicted molar refractivity (Wildman–Crippen MR) is 84.8 cm³/mol. The fraction of sp³-hybridized carbons (Fsp3) is 0.500. The lowest BCUT2D eigenvalue weighted by molar-refractivity contribution is -0.383. The van der Waals surface area contributed by atoms with E-state index < -0.39 is 0 Å². The fourth-order valence-electron chi connectivity index (χ4n) is 2.68. The average Bonchev–Trinajstić information content (AvgIpc) is 3.21. The van der Waals surface area contributed by atoms with Gasteiger partial charge in [-0.2, -0.15) is 0 Å². The molecule has 112 valence electrons. The summed E-state index contributed by atoms with van der Waals surface area (Å²) in [6, 6.07) is 3.37. The van der Waals surface area contributed by atoms with Crippen LogP contribution in [0.15, 0.2) is 12.1 Å². The lowest BCUT2D eigenvalue weighted by Crippen LogP contribution is -2.44. The van der Waals surface area contributed by atoms with Crippen LogP contribution in [0.2, 0.25) is 0 Å². The average molecular weight is 306 g/mol. The highest BCUT2D eigenvalue weighted by Crippen LogP contribution is 2.43. The standard InChI is InChI=1S/C14H18N4O2S/c1-8-16-11-5-10(12(18(19)20)6-13(11)21-8)17-14(2,7-15)9-3-4-9/h5-6,9,17H,3-4,7,15H2,1-2H3. The summed E-state index contributed by atoms with van der Waals surface area (Å²) in [6.07, 6.45) is 2.24. The van der Waals surface area contributed by atoms with E-state index >= 15 is 0 Å². The van der Waals surface area contributed by atoms with Crippen molar-refractivity contribution in [3.63, 3.8) is 0 Å². The molecule has 0 bridgehead atoms. The van der Waals surface area contributed by atoms with E-state index in [0.29, 0.717) is 18.2 Å². The van der Waals surface area contributed by atoms with E-state index in [0.717, 1.165) is 28.1 Å². The monoisotopic (exact) mass is 306 g/mol. The number of benzene rings is 1. The van der Waals surface area contributed by atoms with Crippen LogP contribution >= 0.6 is 11.3 Å². The zero-order valence-corrected chi connectivity index (χ0v) is 12.9. The fourth-order valence-corrected chi connectivity index (χ4v) is 3.52. The first-order chi connectivity index (χ1) is 9.93. The van der Waals surface area contributed by atoms with Crippen LogP contribution in [0.1, 0.15) is 24.8 Å². The largest absolute Gasteiger partial charge is 0.373 e. The second-order valence-corrected chi connectivity index (χ2v) is 7.08. The highest BCUT2D eigenvalue weighted by molar-refractivity contribution is 7.18. The maximum absolute atomic E-state index is 11.4. The van der Waals surface area contributed by atoms with Crippen LogP contribution in [0.4, 0.5) is 11.4 Å². The molecule has 1 aromatic heterocycles. The van der Waals surface area contributed by atoms with Gasteiger partial charge in [0, 0.05) is 18.2 Å². The van der Waals surface area contributed by atoms with Crippen LogP contribution in [0.3, 0.4) is 0 Å². The van der Waals surface area contributed by atoms with E-state index in [2.05, 4.69) is 10.3 Å². The molecule has 1 aromatic carbocycles. The van der Waals surface area contributed by atoms with Crippen molar-refractivity contribution < 1.29 is 4.92 Å². The van der Waals surface area contributed by atoms with Gasteiger partial charge in [-0.15, -0.1) is 11.3 Å². The Hall–Kier alpha value is -1.73. The molecule has 3 rings (SSSR count). The van der Waals surface area contributed by atoms with Crippen molar-refractivity contribution >= 4 is 32.9 Å². The first-order valence-corrected chi connectivity index (χ1v) is 7.78. The number of fused-ring (bicyclic) bond motifs is 1. The molecule has 3 N–H and O–H groups in total. The summed E-state index contributed by atoms with van der Waals surface area (Å²) in [6.45, 7) is 4.38. The maximum Gasteiger partial charge on any atom is 0.293 e. The molecule has 0 spiro atoms. The molecule has 0 aliphatic heterocycles. The van der Waals surface area contributed by atoms with Crippen LogP contribution in [0, 0.1) is 23.0 Å². The van der Waals surface area contributed by atoms with Crippen molar-refractivity contribution in [1.82, 2.24) is 4.98 Å². The summed E-state index contributed by atoms with van der Waals surface area (Å²) in [4.78, 5) is 15.4. The number of aryl methyl sites for hydroxylation is 1. The highest BCUT2D eigenvalue weighted by atomic mass is 32.1. The lowest BCUT2D eigenvalue weighted by atomic mass is 9.95. The molecule has 0 saturated heterocycles. The van der Waals surface area contributed by atoms with Crippen LogP contribution in [0.25, 0.3) is 10.2 Å². The molecule has 0 radical (unpaired) electrons. The van der Waals surface area contributed by atoms with Gasteiger partial charge < -0.3 is 11.1 Å². The number of nitrogens with zero attached hydrogens (tertiary/aromatic N) is 2. The van der Waals surface area contributed by atoms with Crippen LogP contribution < -0.4 is 11.1 Å². The molecule has 7 heteroatoms. The second-order valence-electron chi connectivity index (χ2n) is 5.85. The molecular formula is C14H18N4O2S. The van der Waals surface area contributed by atoms with Gasteiger partial charge in [-0.1, -0.05) is 0 Å². The quantitative estimate of drug-likeness (QED) is 0.654. The van der Waals surface area contributed by atoms with Crippen molar-refractivity contribution in [3.05, 3.63) is 27.3 Å². The van der Waals surface area contributed by atoms with E-state index in [1.165, 1.54) is 11.3 Å². The number of anilines is 1. The third-order valence-corrected chi connectivity index (χ3v) is 5.07. The smallest absolute Gasteiger partial charge is 0.293 e. The minimum atomic E-state index is -0.347. The Morgan fingerprint density at radius 3 is 2.86 bits per heavy atom. The Bertz CT molecular complexity index is 710. The summed E-state index contributed by atoms with van der Waals surface area (Å²) in [7, 11) is 0. The van der Waals surface area contributed by atoms with Gasteiger partial charge in [-0.05, 0) is 38.7 Å². The van der Waals surface area contributed by atoms with Crippen molar-refractivity contribution in [3.8, 4) is 0 Å². The second kappa shape index (κ2) is 4.92. The molecule has 1 saturated carbocycles. The van der Waals surface area contributed by atoms with Gasteiger partial charge in [-0.3, -0.25) is 10.1 Å². The van der Waals surface area contributed by atoms with Crippen LogP contribution in [-0.2, 0) is 0 Å². The lowest BCUT2D eigenvalue weighted by Gasteiger charge is -2.30. The van der Waals surface area contributed by atoms with E-state index in [4.69, 9.17) is 5.73 Å². The Balaban J connectivity index is 2.06. The zero-order valence-electron chi connectivity index (χ0n) is 12.0. The number of rotatable bonds is 5. The van der Waals surface area contributed by atoms with Gasteiger partial charge >= 0.3 is 0 Å². The topological polar surface area (TPSA) is 94.1 Å². The molecule has 1 aliphatic carbocycles. The molecule has 2 aromatic rings. The number of hydrogen-bond donors (Lipinski definition) is 2. The molecule has 1 aliphatic rings. The first kappa shape index (κ1) is 14.2. The van der Waals surface area contributed by atoms with E-state index in [1.54, 1.807) is 12.1 Å². The van der Waals surface area contributed by atoms with Crippen LogP contribution in [0.5, 0.6) is 0 Å². The van der Waals surface area contributed by atoms with E-state index in [1.807, 2.05) is 13.8 Å². The highest BCUT2D eigenvalue weighted by Gasteiger charge is 2.41. The number of nitro benzene ring substituents is 1. The summed E-state index contributed by atoms with van der Waals surface area (Å²) in [5.74, 6) is 0.481. The number of nitrogens with two attached hydrogens (primary N) is 1. The normalized spacial score (nSPS) is 17.7. The summed E-state index contributed by atoms with van der Waals surface area (Å²) in [5.41, 5.74) is 6.98. The van der Waals surface area contributed by atoms with Crippen molar-refractivity contribution in [2.75, 3.05) is 11.9 Å². The molecule has 21 heavy (non-hydrogen) atoms. The Morgan fingerprint density at radius 2 is 2.29 bits per heavy atom. The molecule has 1 heterocycles. The summed E-state index contributed by atoms with van der Waals surface area (Å²) < 4.78 is 0.839. The zero-order chi connectivity index (χ0) is 15.2. The molecule has 1 fully saturated rings. The van der Waals surface area contributed by atoms with Crippen molar-refractivity contribution in [1.29, 1.82) is 0 Å². The maximum atomic E-state index is 11.4. The number of nitrogens with one attached hydrogen (secondary N) is 1. The molecular weight excluding hydrogens is 288 g/mol. The molecule has 1 unspecified atom stereocenters. The van der Waals surface area contributed by atoms with Crippen LogP contribution in [-0.4, -0.2) is 22.0 Å². The Labute approximate surface area is 126 Å². The Morgan fingerprint density at radius 1 is 1.57 bits per heavy atom. The molecule has 0 amide bonds. The number of aromatic nitrogens is 1. The third kappa shape index (κ3) is 2.58. The summed E-state index contributed by atoms with van der Waals surface area (Å²) >= 11 is 1.47. The van der Waals surface area contributed by atoms with E-state index in [9.17, 15) is 10.1 Å². The summed E-state index contributed by atoms with van der Waals surface area (Å²) in [5, 5.41) is 15.6. The number of thiazole rings is 1. The van der Waals surface area contributed by atoms with Gasteiger partial charge in [0.1, 0.15) is 5.69 Å². The van der Waals surface area contributed by atoms with Crippen molar-refractivity contribution in [2.24, 2.45) is 11.7 Å². The third-order valence-electron chi connectivity index (χ3n) is 4.13. The molecule has 1 atom stereocenters. The van der Waals surface area contributed by atoms with Gasteiger partial charge in [0.25, 0.3) is 5.69 Å². The first-order valence-electron chi connectivity index (χ1n) is 6.97. The number of hydrogen-bond acceptors (Lipinski definition) is 6. The number of nitro groups is 1. The van der Waals surface area contributed by atoms with E-state index in [-0.39, 0.29) is 16.1 Å². The van der Waals surface area contributed by atoms with Gasteiger partial charge in [0.05, 0.1) is 20.1 Å². The van der Waals surface area contributed by atoms with Gasteiger partial charge in [-0.25, -0.2) is 4.98 Å². The molecule has 6 nitrogen and oxygen atoms in total.